The van der Waals surface area contributed by atoms with Gasteiger partial charge in [0.2, 0.25) is 0 Å². The van der Waals surface area contributed by atoms with Crippen LogP contribution in [0.1, 0.15) is 89.0 Å². The minimum atomic E-state index is 0.0256. The molecule has 0 radical (unpaired) electrons. The number of rotatable bonds is 3. The summed E-state index contributed by atoms with van der Waals surface area (Å²) >= 11 is 0. The Labute approximate surface area is 163 Å². The van der Waals surface area contributed by atoms with Crippen molar-refractivity contribution in [3.05, 3.63) is 58.2 Å². The molecule has 2 aliphatic rings. The van der Waals surface area contributed by atoms with Gasteiger partial charge in [0.25, 0.3) is 0 Å². The minimum absolute atomic E-state index is 0.0256. The van der Waals surface area contributed by atoms with Crippen LogP contribution in [0.4, 0.5) is 5.69 Å². The van der Waals surface area contributed by atoms with Crippen molar-refractivity contribution in [2.45, 2.75) is 88.9 Å². The van der Waals surface area contributed by atoms with Gasteiger partial charge in [0.1, 0.15) is 5.69 Å². The molecule has 27 heavy (non-hydrogen) atoms. The highest BCUT2D eigenvalue weighted by atomic mass is 16.3. The van der Waals surface area contributed by atoms with Gasteiger partial charge >= 0.3 is 0 Å². The molecule has 0 saturated heterocycles. The Morgan fingerprint density at radius 1 is 0.741 bits per heavy atom. The molecule has 0 heterocycles. The van der Waals surface area contributed by atoms with E-state index < -0.39 is 0 Å². The van der Waals surface area contributed by atoms with E-state index in [9.17, 15) is 10.0 Å². The van der Waals surface area contributed by atoms with Gasteiger partial charge in [-0.15, -0.1) is 4.91 Å². The fourth-order valence-electron chi connectivity index (χ4n) is 4.88. The highest BCUT2D eigenvalue weighted by molar-refractivity contribution is 5.45. The zero-order valence-electron chi connectivity index (χ0n) is 16.5. The van der Waals surface area contributed by atoms with Crippen LogP contribution >= 0.6 is 0 Å². The number of nitrogens with zero attached hydrogens (tertiary/aromatic N) is 1. The van der Waals surface area contributed by atoms with E-state index in [1.165, 1.54) is 68.9 Å². The lowest BCUT2D eigenvalue weighted by molar-refractivity contribution is 0.348. The van der Waals surface area contributed by atoms with E-state index in [1.54, 1.807) is 0 Å². The first-order chi connectivity index (χ1) is 13.2. The third-order valence-electron chi connectivity index (χ3n) is 6.47. The summed E-state index contributed by atoms with van der Waals surface area (Å²) < 4.78 is 0. The number of hydrogen-bond acceptors (Lipinski definition) is 3. The lowest BCUT2D eigenvalue weighted by Crippen LogP contribution is -2.30. The third kappa shape index (κ3) is 5.09. The molecule has 0 unspecified atom stereocenters. The van der Waals surface area contributed by atoms with Crippen molar-refractivity contribution in [2.24, 2.45) is 5.18 Å². The first-order valence-corrected chi connectivity index (χ1v) is 10.8. The fraction of sp³-hybridized carbons (Fsp3) is 0.583. The number of nitroso groups, excluding NO2 is 1. The summed E-state index contributed by atoms with van der Waals surface area (Å²) in [6, 6.07) is 7.94. The molecule has 1 N–H and O–H groups in total. The molecular formula is C24H33NO2. The Morgan fingerprint density at radius 3 is 1.78 bits per heavy atom. The second-order valence-electron chi connectivity index (χ2n) is 8.25. The summed E-state index contributed by atoms with van der Waals surface area (Å²) in [6.07, 6.45) is 19.9. The van der Waals surface area contributed by atoms with Crippen LogP contribution in [0, 0.1) is 4.91 Å². The van der Waals surface area contributed by atoms with E-state index in [-0.39, 0.29) is 5.41 Å². The van der Waals surface area contributed by atoms with Gasteiger partial charge in [-0.2, -0.15) is 0 Å². The van der Waals surface area contributed by atoms with Gasteiger partial charge in [-0.3, -0.25) is 0 Å². The summed E-state index contributed by atoms with van der Waals surface area (Å²) in [4.78, 5) is 10.9. The van der Waals surface area contributed by atoms with Gasteiger partial charge in [-0.25, -0.2) is 0 Å². The van der Waals surface area contributed by atoms with Crippen molar-refractivity contribution >= 4 is 5.69 Å². The van der Waals surface area contributed by atoms with Crippen LogP contribution in [0.15, 0.2) is 52.9 Å². The van der Waals surface area contributed by atoms with E-state index in [1.807, 2.05) is 18.2 Å². The molecule has 0 amide bonds. The van der Waals surface area contributed by atoms with Crippen LogP contribution < -0.4 is 0 Å². The molecule has 3 heteroatoms. The number of hydrogen-bond donors (Lipinski definition) is 1. The van der Waals surface area contributed by atoms with E-state index in [2.05, 4.69) is 23.4 Å². The Balaban J connectivity index is 1.95. The highest BCUT2D eigenvalue weighted by Gasteiger charge is 2.35. The molecule has 3 rings (SSSR count). The van der Waals surface area contributed by atoms with Gasteiger partial charge in [-0.05, 0) is 48.2 Å². The standard InChI is InChI=1S/C24H33NO2/c26-23-16-12-21(13-17-23)24(20-10-14-22(25-27)15-11-20)18-8-6-4-2-1-3-5-7-9-19-24/h10-12,14-16,26H,1-9,13,17-19H2. The second-order valence-corrected chi connectivity index (χ2v) is 8.25. The molecule has 1 saturated carbocycles. The molecule has 0 aromatic heterocycles. The summed E-state index contributed by atoms with van der Waals surface area (Å²) in [7, 11) is 0. The SMILES string of the molecule is O=Nc1ccc(C2(C3=CC=C(O)CC3)CCCCCCCCCCC2)cc1. The molecule has 1 aromatic carbocycles. The Morgan fingerprint density at radius 2 is 1.30 bits per heavy atom. The van der Waals surface area contributed by atoms with Gasteiger partial charge < -0.3 is 5.11 Å². The van der Waals surface area contributed by atoms with E-state index in [0.717, 1.165) is 25.7 Å². The summed E-state index contributed by atoms with van der Waals surface area (Å²) in [5.74, 6) is 0.488. The molecule has 0 bridgehead atoms. The van der Waals surface area contributed by atoms with Crippen LogP contribution in [0.25, 0.3) is 0 Å². The van der Waals surface area contributed by atoms with E-state index in [4.69, 9.17) is 0 Å². The largest absolute Gasteiger partial charge is 0.512 e. The molecule has 0 aliphatic heterocycles. The maximum absolute atomic E-state index is 10.9. The molecule has 146 valence electrons. The molecule has 1 aromatic rings. The van der Waals surface area contributed by atoms with E-state index in [0.29, 0.717) is 11.4 Å². The second kappa shape index (κ2) is 9.87. The lowest BCUT2D eigenvalue weighted by Gasteiger charge is -2.39. The van der Waals surface area contributed by atoms with Crippen LogP contribution in [0.3, 0.4) is 0 Å². The van der Waals surface area contributed by atoms with Gasteiger partial charge in [0.05, 0.1) is 5.76 Å². The Kier molecular flexibility index (Phi) is 7.25. The van der Waals surface area contributed by atoms with Crippen molar-refractivity contribution in [2.75, 3.05) is 0 Å². The summed E-state index contributed by atoms with van der Waals surface area (Å²) in [5.41, 5.74) is 3.28. The predicted octanol–water partition coefficient (Wildman–Crippen LogP) is 7.79. The van der Waals surface area contributed by atoms with Gasteiger partial charge in [0, 0.05) is 11.8 Å². The minimum Gasteiger partial charge on any atom is -0.512 e. The number of aliphatic hydroxyl groups is 1. The zero-order chi connectivity index (χ0) is 19.0. The van der Waals surface area contributed by atoms with Crippen molar-refractivity contribution in [1.82, 2.24) is 0 Å². The van der Waals surface area contributed by atoms with Gasteiger partial charge in [0.15, 0.2) is 0 Å². The maximum Gasteiger partial charge on any atom is 0.108 e. The normalized spacial score (nSPS) is 21.9. The van der Waals surface area contributed by atoms with Crippen LogP contribution in [-0.2, 0) is 5.41 Å². The number of aliphatic hydroxyl groups excluding tert-OH is 1. The van der Waals surface area contributed by atoms with Crippen molar-refractivity contribution in [1.29, 1.82) is 0 Å². The van der Waals surface area contributed by atoms with Gasteiger partial charge in [-0.1, -0.05) is 81.6 Å². The monoisotopic (exact) mass is 367 g/mol. The molecular weight excluding hydrogens is 334 g/mol. The molecule has 3 nitrogen and oxygen atoms in total. The van der Waals surface area contributed by atoms with Crippen molar-refractivity contribution in [3.63, 3.8) is 0 Å². The molecule has 0 atom stereocenters. The van der Waals surface area contributed by atoms with Crippen molar-refractivity contribution in [3.8, 4) is 0 Å². The first-order valence-electron chi connectivity index (χ1n) is 10.8. The van der Waals surface area contributed by atoms with Crippen LogP contribution in [0.5, 0.6) is 0 Å². The lowest BCUT2D eigenvalue weighted by atomic mass is 9.65. The summed E-state index contributed by atoms with van der Waals surface area (Å²) in [6.45, 7) is 0. The molecule has 0 spiro atoms. The van der Waals surface area contributed by atoms with Crippen molar-refractivity contribution < 1.29 is 5.11 Å². The third-order valence-corrected chi connectivity index (χ3v) is 6.47. The Hall–Kier alpha value is -1.90. The maximum atomic E-state index is 10.9. The average molecular weight is 368 g/mol. The van der Waals surface area contributed by atoms with E-state index >= 15 is 0 Å². The van der Waals surface area contributed by atoms with Crippen LogP contribution in [-0.4, -0.2) is 5.11 Å². The smallest absolute Gasteiger partial charge is 0.108 e. The highest BCUT2D eigenvalue weighted by Crippen LogP contribution is 2.46. The molecule has 1 fully saturated rings. The first kappa shape index (κ1) is 19.9. The number of allylic oxidation sites excluding steroid dienone is 4. The zero-order valence-corrected chi connectivity index (χ0v) is 16.5. The predicted molar refractivity (Wildman–Crippen MR) is 112 cm³/mol. The number of benzene rings is 1. The quantitative estimate of drug-likeness (QED) is 0.554. The summed E-state index contributed by atoms with van der Waals surface area (Å²) in [5, 5.41) is 12.9. The Bertz CT molecular complexity index is 660. The topological polar surface area (TPSA) is 49.7 Å². The molecule has 2 aliphatic carbocycles. The van der Waals surface area contributed by atoms with Crippen LogP contribution in [0.2, 0.25) is 0 Å². The average Bonchev–Trinajstić information content (AvgIpc) is 2.70. The fourth-order valence-corrected chi connectivity index (χ4v) is 4.88.